The minimum atomic E-state index is -1.63. The fourth-order valence-corrected chi connectivity index (χ4v) is 7.27. The lowest BCUT2D eigenvalue weighted by Gasteiger charge is -2.44. The molecule has 0 aromatic heterocycles. The van der Waals surface area contributed by atoms with E-state index in [1.54, 1.807) is 13.8 Å². The average Bonchev–Trinajstić information content (AvgIpc) is 2.74. The van der Waals surface area contributed by atoms with E-state index in [0.29, 0.717) is 12.8 Å². The van der Waals surface area contributed by atoms with Gasteiger partial charge < -0.3 is 25.5 Å². The summed E-state index contributed by atoms with van der Waals surface area (Å²) < 4.78 is 0. The molecule has 4 rings (SSSR count). The molecule has 0 unspecified atom stereocenters. The van der Waals surface area contributed by atoms with Crippen LogP contribution in [0.5, 0.6) is 0 Å². The molecule has 0 aliphatic heterocycles. The second-order valence-electron chi connectivity index (χ2n) is 10.2. The molecule has 9 atom stereocenters. The summed E-state index contributed by atoms with van der Waals surface area (Å²) in [6.07, 6.45) is 0.190. The van der Waals surface area contributed by atoms with Crippen LogP contribution in [0.15, 0.2) is 12.2 Å². The first-order valence-electron chi connectivity index (χ1n) is 9.56. The second kappa shape index (κ2) is 4.87. The first-order valence-corrected chi connectivity index (χ1v) is 9.56. The van der Waals surface area contributed by atoms with Gasteiger partial charge in [-0.25, -0.2) is 0 Å². The molecule has 0 aromatic carbocycles. The monoisotopic (exact) mass is 352 g/mol. The zero-order chi connectivity index (χ0) is 18.6. The lowest BCUT2D eigenvalue weighted by molar-refractivity contribution is -0.169. The highest BCUT2D eigenvalue weighted by Crippen LogP contribution is 2.68. The molecule has 4 fully saturated rings. The fourth-order valence-electron chi connectivity index (χ4n) is 7.27. The summed E-state index contributed by atoms with van der Waals surface area (Å²) in [5.74, 6) is -0.499. The molecular weight excluding hydrogens is 320 g/mol. The van der Waals surface area contributed by atoms with E-state index < -0.39 is 40.8 Å². The molecule has 4 aliphatic carbocycles. The van der Waals surface area contributed by atoms with E-state index in [1.165, 1.54) is 0 Å². The van der Waals surface area contributed by atoms with Gasteiger partial charge in [-0.3, -0.25) is 0 Å². The predicted octanol–water partition coefficient (Wildman–Crippen LogP) is 0.973. The summed E-state index contributed by atoms with van der Waals surface area (Å²) in [7, 11) is 0. The van der Waals surface area contributed by atoms with Crippen molar-refractivity contribution in [2.24, 2.45) is 28.6 Å². The highest BCUT2D eigenvalue weighted by molar-refractivity contribution is 5.32. The molecule has 0 heterocycles. The van der Waals surface area contributed by atoms with Crippen molar-refractivity contribution in [1.29, 1.82) is 0 Å². The molecule has 142 valence electrons. The summed E-state index contributed by atoms with van der Waals surface area (Å²) in [6.45, 7) is 9.56. The van der Waals surface area contributed by atoms with Crippen LogP contribution < -0.4 is 0 Å². The second-order valence-corrected chi connectivity index (χ2v) is 10.2. The number of fused-ring (bicyclic) bond motifs is 2. The topological polar surface area (TPSA) is 101 Å². The molecule has 25 heavy (non-hydrogen) atoms. The van der Waals surface area contributed by atoms with Crippen molar-refractivity contribution >= 4 is 0 Å². The minimum Gasteiger partial charge on any atom is -0.390 e. The lowest BCUT2D eigenvalue weighted by atomic mass is 9.62. The highest BCUT2D eigenvalue weighted by Gasteiger charge is 2.72. The van der Waals surface area contributed by atoms with Crippen molar-refractivity contribution in [3.05, 3.63) is 12.2 Å². The zero-order valence-electron chi connectivity index (χ0n) is 15.4. The third kappa shape index (κ3) is 1.91. The highest BCUT2D eigenvalue weighted by atomic mass is 16.4. The van der Waals surface area contributed by atoms with Crippen molar-refractivity contribution in [2.45, 2.75) is 82.4 Å². The van der Waals surface area contributed by atoms with Crippen molar-refractivity contribution in [3.63, 3.8) is 0 Å². The number of aliphatic hydroxyl groups is 5. The first kappa shape index (κ1) is 17.9. The maximum Gasteiger partial charge on any atom is 0.107 e. The summed E-state index contributed by atoms with van der Waals surface area (Å²) in [4.78, 5) is 0. The van der Waals surface area contributed by atoms with Gasteiger partial charge >= 0.3 is 0 Å². The van der Waals surface area contributed by atoms with Gasteiger partial charge in [0.05, 0.1) is 23.9 Å². The van der Waals surface area contributed by atoms with E-state index in [9.17, 15) is 25.5 Å². The Kier molecular flexibility index (Phi) is 3.49. The fraction of sp³-hybridized carbons (Fsp3) is 0.900. The molecule has 5 N–H and O–H groups in total. The van der Waals surface area contributed by atoms with E-state index >= 15 is 0 Å². The molecular formula is C20H32O5. The van der Waals surface area contributed by atoms with E-state index in [1.807, 2.05) is 6.92 Å². The molecule has 5 heteroatoms. The smallest absolute Gasteiger partial charge is 0.107 e. The Morgan fingerprint density at radius 2 is 1.64 bits per heavy atom. The summed E-state index contributed by atoms with van der Waals surface area (Å²) in [6, 6.07) is 0. The Labute approximate surface area is 149 Å². The van der Waals surface area contributed by atoms with Gasteiger partial charge in [-0.2, -0.15) is 0 Å². The molecule has 4 aliphatic rings. The minimum absolute atomic E-state index is 0.0437. The first-order chi connectivity index (χ1) is 11.4. The van der Waals surface area contributed by atoms with Gasteiger partial charge in [0.25, 0.3) is 0 Å². The van der Waals surface area contributed by atoms with Gasteiger partial charge in [0.1, 0.15) is 5.60 Å². The van der Waals surface area contributed by atoms with Crippen molar-refractivity contribution in [2.75, 3.05) is 0 Å². The van der Waals surface area contributed by atoms with E-state index in [4.69, 9.17) is 0 Å². The van der Waals surface area contributed by atoms with Crippen molar-refractivity contribution in [1.82, 2.24) is 0 Å². The Morgan fingerprint density at radius 1 is 1.00 bits per heavy atom. The van der Waals surface area contributed by atoms with Crippen LogP contribution in [0.25, 0.3) is 0 Å². The summed E-state index contributed by atoms with van der Waals surface area (Å²) in [5, 5.41) is 54.9. The van der Waals surface area contributed by atoms with Crippen LogP contribution in [-0.4, -0.2) is 55.0 Å². The molecule has 0 aromatic rings. The van der Waals surface area contributed by atoms with Gasteiger partial charge in [0.2, 0.25) is 0 Å². The molecule has 0 amide bonds. The van der Waals surface area contributed by atoms with Crippen LogP contribution >= 0.6 is 0 Å². The molecule has 2 bridgehead atoms. The number of hydrogen-bond donors (Lipinski definition) is 5. The van der Waals surface area contributed by atoms with Gasteiger partial charge in [-0.05, 0) is 56.3 Å². The Hall–Kier alpha value is -0.460. The number of aliphatic hydroxyl groups excluding tert-OH is 3. The zero-order valence-corrected chi connectivity index (χ0v) is 15.4. The predicted molar refractivity (Wildman–Crippen MR) is 92.5 cm³/mol. The maximum atomic E-state index is 11.6. The Morgan fingerprint density at radius 3 is 2.28 bits per heavy atom. The van der Waals surface area contributed by atoms with Crippen molar-refractivity contribution in [3.8, 4) is 0 Å². The molecule has 0 radical (unpaired) electrons. The van der Waals surface area contributed by atoms with Crippen LogP contribution in [0.4, 0.5) is 0 Å². The standard InChI is InChI=1S/C20H32O5/c1-10-12-6-5-11-7-19(12,9-18(11,4)24)8-13(21)20(25)14(10)15(22)16(23)17(20,2)3/h11-16,21-25H,1,5-9H2,2-4H3/t11-,12+,13-,14-,15+,16+,18-,19-,20-/m1/s1. The number of hydrogen-bond acceptors (Lipinski definition) is 5. The summed E-state index contributed by atoms with van der Waals surface area (Å²) in [5.41, 5.74) is -2.98. The van der Waals surface area contributed by atoms with E-state index in [-0.39, 0.29) is 17.3 Å². The van der Waals surface area contributed by atoms with Crippen LogP contribution in [0.2, 0.25) is 0 Å². The molecule has 1 spiro atoms. The van der Waals surface area contributed by atoms with Crippen molar-refractivity contribution < 1.29 is 25.5 Å². The molecule has 4 saturated carbocycles. The van der Waals surface area contributed by atoms with Crippen LogP contribution in [-0.2, 0) is 0 Å². The number of rotatable bonds is 0. The Bertz CT molecular complexity index is 613. The summed E-state index contributed by atoms with van der Waals surface area (Å²) >= 11 is 0. The lowest BCUT2D eigenvalue weighted by Crippen LogP contribution is -2.56. The normalized spacial score (nSPS) is 60.1. The quantitative estimate of drug-likeness (QED) is 0.418. The van der Waals surface area contributed by atoms with E-state index in [2.05, 4.69) is 6.58 Å². The van der Waals surface area contributed by atoms with Gasteiger partial charge in [-0.1, -0.05) is 26.0 Å². The van der Waals surface area contributed by atoms with Crippen LogP contribution in [0.1, 0.15) is 52.9 Å². The third-order valence-electron chi connectivity index (χ3n) is 8.65. The SMILES string of the molecule is C=C1[C@@H]2[C@H](O)[C@H](O)C(C)(C)[C@@]2(O)[C@H](O)C[C@@]23C[C@@H](CC[C@@H]12)[C@](C)(O)C3. The maximum absolute atomic E-state index is 11.6. The average molecular weight is 352 g/mol. The largest absolute Gasteiger partial charge is 0.390 e. The van der Waals surface area contributed by atoms with Gasteiger partial charge in [0, 0.05) is 11.3 Å². The van der Waals surface area contributed by atoms with Crippen LogP contribution in [0, 0.1) is 28.6 Å². The molecule has 5 nitrogen and oxygen atoms in total. The Balaban J connectivity index is 1.84. The van der Waals surface area contributed by atoms with Gasteiger partial charge in [-0.15, -0.1) is 0 Å². The molecule has 0 saturated heterocycles. The van der Waals surface area contributed by atoms with E-state index in [0.717, 1.165) is 24.8 Å². The van der Waals surface area contributed by atoms with Gasteiger partial charge in [0.15, 0.2) is 0 Å². The third-order valence-corrected chi connectivity index (χ3v) is 8.65. The van der Waals surface area contributed by atoms with Crippen LogP contribution in [0.3, 0.4) is 0 Å².